The Morgan fingerprint density at radius 1 is 0.855 bits per heavy atom. The van der Waals surface area contributed by atoms with E-state index in [4.69, 9.17) is 4.74 Å². The zero-order chi connectivity index (χ0) is 40.0. The van der Waals surface area contributed by atoms with E-state index in [0.29, 0.717) is 0 Å². The largest absolute Gasteiger partial charge is 1.00 e. The SMILES string of the molecule is CCOC(=O)CC1=CS(=O)(=O)c2cc(NS(C)(=O)=O)ccc2N1.Cn1c(=O)c(C2=CS(=O)(=O)c3cc(NS(C)(=O)=O)ccc3N2)c([O-])c2cc(F)ccc21.[Na+]. The maximum Gasteiger partial charge on any atom is 1.00 e. The molecule has 4 aromatic rings. The minimum Gasteiger partial charge on any atom is -0.871 e. The summed E-state index contributed by atoms with van der Waals surface area (Å²) in [6, 6.07) is 11.2. The van der Waals surface area contributed by atoms with Crippen molar-refractivity contribution in [3.05, 3.63) is 92.8 Å². The van der Waals surface area contributed by atoms with Crippen molar-refractivity contribution >= 4 is 85.0 Å². The summed E-state index contributed by atoms with van der Waals surface area (Å²) in [6.45, 7) is 1.86. The molecule has 0 spiro atoms. The smallest absolute Gasteiger partial charge is 0.871 e. The van der Waals surface area contributed by atoms with Crippen LogP contribution in [0.5, 0.6) is 5.75 Å². The number of ether oxygens (including phenoxy) is 1. The number of carbonyl (C=O) groups is 1. The number of aryl methyl sites for hydroxylation is 1. The van der Waals surface area contributed by atoms with Gasteiger partial charge in [-0.15, -0.1) is 0 Å². The number of carbonyl (C=O) groups excluding carboxylic acids is 1. The summed E-state index contributed by atoms with van der Waals surface area (Å²) in [7, 11) is -13.7. The van der Waals surface area contributed by atoms with E-state index in [1.807, 2.05) is 0 Å². The molecule has 288 valence electrons. The Labute approximate surface area is 337 Å². The standard InChI is InChI=1S/C19H16FN3O6S2.C13H16N2O6S2.Na/c1-23-15-6-3-10(20)7-12(15)18(24)17(19(23)25)14-9-31(28,29)16-8-11(22-30(2,26)27)4-5-13(16)21-14;1-3-21-13(16)7-10-8-23(19,20)12-6-9(15-22(2,17)18)4-5-11(12)14-10;/h3-9,21-22,24H,1-2H3;4-6,8,14-15H,3,7H2,1-2H3;/q;;+1/p-1. The predicted octanol–water partition coefficient (Wildman–Crippen LogP) is -0.624. The van der Waals surface area contributed by atoms with E-state index >= 15 is 0 Å². The van der Waals surface area contributed by atoms with Gasteiger partial charge in [-0.1, -0.05) is 5.75 Å². The third-order valence-corrected chi connectivity index (χ3v) is 11.8. The van der Waals surface area contributed by atoms with Crippen LogP contribution in [0.3, 0.4) is 0 Å². The van der Waals surface area contributed by atoms with Gasteiger partial charge in [0.15, 0.2) is 0 Å². The first-order valence-corrected chi connectivity index (χ1v) is 22.2. The number of hydrogen-bond donors (Lipinski definition) is 4. The van der Waals surface area contributed by atoms with Crippen LogP contribution in [-0.2, 0) is 56.3 Å². The second-order valence-corrected chi connectivity index (χ2v) is 18.9. The van der Waals surface area contributed by atoms with E-state index in [9.17, 15) is 52.8 Å². The average Bonchev–Trinajstić information content (AvgIpc) is 3.03. The van der Waals surface area contributed by atoms with Crippen LogP contribution in [0.2, 0.25) is 0 Å². The summed E-state index contributed by atoms with van der Waals surface area (Å²) >= 11 is 0. The number of fused-ring (bicyclic) bond motifs is 3. The molecule has 2 aliphatic heterocycles. The number of sulfonamides is 2. The van der Waals surface area contributed by atoms with Crippen molar-refractivity contribution < 1.29 is 82.3 Å². The fourth-order valence-corrected chi connectivity index (χ4v) is 9.23. The van der Waals surface area contributed by atoms with Gasteiger partial charge in [0.05, 0.1) is 74.3 Å². The Morgan fingerprint density at radius 3 is 1.91 bits per heavy atom. The number of rotatable bonds is 8. The summed E-state index contributed by atoms with van der Waals surface area (Å²) in [5.41, 5.74) is -0.568. The molecular formula is C32H31FN5NaO12S4. The van der Waals surface area contributed by atoms with Crippen LogP contribution in [0.15, 0.2) is 85.7 Å². The molecule has 2 aliphatic rings. The van der Waals surface area contributed by atoms with E-state index in [2.05, 4.69) is 20.1 Å². The van der Waals surface area contributed by atoms with E-state index in [0.717, 1.165) is 46.1 Å². The van der Waals surface area contributed by atoms with Gasteiger partial charge >= 0.3 is 35.5 Å². The molecule has 55 heavy (non-hydrogen) atoms. The summed E-state index contributed by atoms with van der Waals surface area (Å²) in [5.74, 6) is -2.03. The Morgan fingerprint density at radius 2 is 1.38 bits per heavy atom. The van der Waals surface area contributed by atoms with Crippen molar-refractivity contribution in [2.24, 2.45) is 7.05 Å². The van der Waals surface area contributed by atoms with Crippen molar-refractivity contribution in [3.63, 3.8) is 0 Å². The molecule has 0 amide bonds. The van der Waals surface area contributed by atoms with Gasteiger partial charge < -0.3 is 25.0 Å². The molecule has 23 heteroatoms. The van der Waals surface area contributed by atoms with Gasteiger partial charge in [0.2, 0.25) is 39.7 Å². The third kappa shape index (κ3) is 10.1. The van der Waals surface area contributed by atoms with Crippen LogP contribution in [0.1, 0.15) is 18.9 Å². The molecule has 3 heterocycles. The first kappa shape index (κ1) is 43.3. The van der Waals surface area contributed by atoms with Crippen molar-refractivity contribution in [3.8, 4) is 5.75 Å². The number of halogens is 1. The number of esters is 1. The average molecular weight is 848 g/mol. The van der Waals surface area contributed by atoms with E-state index in [1.165, 1.54) is 43.4 Å². The number of nitrogens with zero attached hydrogens (tertiary/aromatic N) is 1. The molecule has 3 aromatic carbocycles. The Kier molecular flexibility index (Phi) is 12.6. The number of pyridine rings is 1. The molecule has 0 saturated heterocycles. The zero-order valence-corrected chi connectivity index (χ0v) is 34.9. The van der Waals surface area contributed by atoms with Gasteiger partial charge in [-0.3, -0.25) is 19.0 Å². The maximum atomic E-state index is 13.7. The Bertz CT molecular complexity index is 2820. The van der Waals surface area contributed by atoms with Crippen molar-refractivity contribution in [2.45, 2.75) is 23.1 Å². The molecule has 0 atom stereocenters. The summed E-state index contributed by atoms with van der Waals surface area (Å²) in [5, 5.41) is 20.1. The minimum atomic E-state index is -4.15. The second kappa shape index (κ2) is 16.0. The second-order valence-electron chi connectivity index (χ2n) is 11.9. The maximum absolute atomic E-state index is 13.7. The van der Waals surface area contributed by atoms with Gasteiger partial charge in [-0.25, -0.2) is 38.1 Å². The van der Waals surface area contributed by atoms with E-state index in [-0.39, 0.29) is 97.4 Å². The van der Waals surface area contributed by atoms with Gasteiger partial charge in [-0.05, 0) is 66.9 Å². The van der Waals surface area contributed by atoms with E-state index in [1.54, 1.807) is 6.92 Å². The van der Waals surface area contributed by atoms with Crippen LogP contribution in [0, 0.1) is 5.82 Å². The van der Waals surface area contributed by atoms with Crippen LogP contribution in [-0.4, -0.2) is 63.3 Å². The summed E-state index contributed by atoms with van der Waals surface area (Å²) in [6.07, 6.45) is 1.69. The van der Waals surface area contributed by atoms with Crippen molar-refractivity contribution in [1.29, 1.82) is 0 Å². The summed E-state index contributed by atoms with van der Waals surface area (Å²) in [4.78, 5) is 24.0. The number of sulfone groups is 2. The predicted molar refractivity (Wildman–Crippen MR) is 197 cm³/mol. The number of nitrogens with one attached hydrogen (secondary N) is 4. The van der Waals surface area contributed by atoms with Crippen LogP contribution in [0.25, 0.3) is 16.6 Å². The topological polar surface area (TPSA) is 256 Å². The van der Waals surface area contributed by atoms with Crippen LogP contribution >= 0.6 is 0 Å². The number of hydrogen-bond acceptors (Lipinski definition) is 14. The van der Waals surface area contributed by atoms with Gasteiger partial charge in [0, 0.05) is 24.1 Å². The van der Waals surface area contributed by atoms with E-state index < -0.39 is 68.4 Å². The molecule has 4 N–H and O–H groups in total. The number of anilines is 4. The number of aromatic nitrogens is 1. The quantitative estimate of drug-likeness (QED) is 0.127. The molecule has 6 rings (SSSR count). The molecule has 0 fully saturated rings. The normalized spacial score (nSPS) is 15.1. The molecule has 0 aliphatic carbocycles. The van der Waals surface area contributed by atoms with Crippen LogP contribution in [0.4, 0.5) is 27.1 Å². The molecule has 0 unspecified atom stereocenters. The fourth-order valence-electron chi connectivity index (χ4n) is 5.43. The molecule has 0 saturated carbocycles. The van der Waals surface area contributed by atoms with Gasteiger partial charge in [0.25, 0.3) is 5.56 Å². The zero-order valence-electron chi connectivity index (χ0n) is 29.6. The van der Waals surface area contributed by atoms with Gasteiger partial charge in [-0.2, -0.15) is 0 Å². The van der Waals surface area contributed by atoms with Crippen LogP contribution < -0.4 is 60.3 Å². The minimum absolute atomic E-state index is 0. The van der Waals surface area contributed by atoms with Gasteiger partial charge in [0.1, 0.15) is 5.82 Å². The Balaban J connectivity index is 0.000000251. The number of benzene rings is 3. The fraction of sp³-hybridized carbons (Fsp3) is 0.188. The molecule has 0 bridgehead atoms. The third-order valence-electron chi connectivity index (χ3n) is 7.54. The molecule has 17 nitrogen and oxygen atoms in total. The molecular weight excluding hydrogens is 817 g/mol. The monoisotopic (exact) mass is 847 g/mol. The van der Waals surface area contributed by atoms with Crippen molar-refractivity contribution in [1.82, 2.24) is 4.57 Å². The summed E-state index contributed by atoms with van der Waals surface area (Å²) < 4.78 is 120. The molecule has 1 aromatic heterocycles. The molecule has 0 radical (unpaired) electrons. The first-order chi connectivity index (χ1) is 25.0. The Hall–Kier alpha value is -4.45. The van der Waals surface area contributed by atoms with Crippen molar-refractivity contribution in [2.75, 3.05) is 39.2 Å². The first-order valence-electron chi connectivity index (χ1n) is 15.3.